The maximum absolute atomic E-state index is 12.1. The van der Waals surface area contributed by atoms with E-state index in [4.69, 9.17) is 9.15 Å². The fourth-order valence-electron chi connectivity index (χ4n) is 1.97. The molecular formula is C16H16BrNO4. The molecule has 0 unspecified atom stereocenters. The van der Waals surface area contributed by atoms with Crippen LogP contribution in [0.25, 0.3) is 6.08 Å². The monoisotopic (exact) mass is 365 g/mol. The van der Waals surface area contributed by atoms with Gasteiger partial charge in [-0.1, -0.05) is 0 Å². The summed E-state index contributed by atoms with van der Waals surface area (Å²) in [5, 5.41) is 0. The molecule has 116 valence electrons. The van der Waals surface area contributed by atoms with E-state index in [1.165, 1.54) is 12.2 Å². The lowest BCUT2D eigenvalue weighted by Gasteiger charge is -2.02. The molecule has 0 saturated carbocycles. The Morgan fingerprint density at radius 2 is 2.09 bits per heavy atom. The largest absolute Gasteiger partial charge is 0.454 e. The number of aryl methyl sites for hydroxylation is 1. The van der Waals surface area contributed by atoms with Crippen LogP contribution in [0.15, 0.2) is 33.4 Å². The molecule has 0 bridgehead atoms. The zero-order valence-electron chi connectivity index (χ0n) is 12.6. The van der Waals surface area contributed by atoms with Gasteiger partial charge in [-0.05, 0) is 54.1 Å². The molecule has 0 spiro atoms. The minimum absolute atomic E-state index is 0.219. The number of hydrogen-bond donors (Lipinski definition) is 0. The van der Waals surface area contributed by atoms with Crippen molar-refractivity contribution in [2.45, 2.75) is 13.8 Å². The van der Waals surface area contributed by atoms with E-state index in [1.54, 1.807) is 18.2 Å². The number of esters is 1. The van der Waals surface area contributed by atoms with Gasteiger partial charge in [-0.15, -0.1) is 0 Å². The van der Waals surface area contributed by atoms with Gasteiger partial charge >= 0.3 is 5.97 Å². The van der Waals surface area contributed by atoms with Crippen LogP contribution in [0.4, 0.5) is 0 Å². The first-order valence-electron chi connectivity index (χ1n) is 6.64. The van der Waals surface area contributed by atoms with Crippen molar-refractivity contribution in [3.05, 3.63) is 51.7 Å². The molecule has 0 saturated heterocycles. The highest BCUT2D eigenvalue weighted by Crippen LogP contribution is 2.15. The minimum atomic E-state index is -0.592. The first-order chi connectivity index (χ1) is 10.4. The SMILES string of the molecule is Cc1cc(C(=O)COC(=O)C=Cc2ccc(Br)o2)c(C)n1C. The summed E-state index contributed by atoms with van der Waals surface area (Å²) < 4.78 is 12.7. The number of rotatable bonds is 5. The lowest BCUT2D eigenvalue weighted by molar-refractivity contribution is -0.136. The highest BCUT2D eigenvalue weighted by atomic mass is 79.9. The number of halogens is 1. The van der Waals surface area contributed by atoms with E-state index in [-0.39, 0.29) is 12.4 Å². The predicted molar refractivity (Wildman–Crippen MR) is 85.6 cm³/mol. The molecule has 2 aromatic heterocycles. The molecule has 22 heavy (non-hydrogen) atoms. The van der Waals surface area contributed by atoms with Gasteiger partial charge in [-0.25, -0.2) is 4.79 Å². The van der Waals surface area contributed by atoms with Crippen LogP contribution < -0.4 is 0 Å². The van der Waals surface area contributed by atoms with Crippen LogP contribution in [-0.2, 0) is 16.6 Å². The van der Waals surface area contributed by atoms with Gasteiger partial charge in [0.1, 0.15) is 5.76 Å². The Labute approximate surface area is 136 Å². The Bertz CT molecular complexity index is 739. The van der Waals surface area contributed by atoms with Gasteiger partial charge in [0.15, 0.2) is 11.3 Å². The van der Waals surface area contributed by atoms with Crippen molar-refractivity contribution >= 4 is 33.8 Å². The van der Waals surface area contributed by atoms with Gasteiger partial charge < -0.3 is 13.7 Å². The molecule has 2 heterocycles. The van der Waals surface area contributed by atoms with Crippen LogP contribution >= 0.6 is 15.9 Å². The molecule has 0 radical (unpaired) electrons. The molecule has 0 aliphatic heterocycles. The third-order valence-corrected chi connectivity index (χ3v) is 3.82. The average molecular weight is 366 g/mol. The molecule has 6 heteroatoms. The Kier molecular flexibility index (Phi) is 5.03. The fourth-order valence-corrected chi connectivity index (χ4v) is 2.29. The topological polar surface area (TPSA) is 61.4 Å². The smallest absolute Gasteiger partial charge is 0.331 e. The number of furan rings is 1. The van der Waals surface area contributed by atoms with Crippen molar-refractivity contribution in [3.63, 3.8) is 0 Å². The van der Waals surface area contributed by atoms with E-state index in [1.807, 2.05) is 25.5 Å². The van der Waals surface area contributed by atoms with Crippen LogP contribution in [0.2, 0.25) is 0 Å². The van der Waals surface area contributed by atoms with Crippen molar-refractivity contribution in [2.75, 3.05) is 6.61 Å². The van der Waals surface area contributed by atoms with Gasteiger partial charge in [-0.2, -0.15) is 0 Å². The van der Waals surface area contributed by atoms with Crippen LogP contribution in [0.1, 0.15) is 27.5 Å². The number of ketones is 1. The molecule has 0 aliphatic carbocycles. The lowest BCUT2D eigenvalue weighted by Crippen LogP contribution is -2.13. The number of nitrogens with zero attached hydrogens (tertiary/aromatic N) is 1. The molecule has 0 N–H and O–H groups in total. The highest BCUT2D eigenvalue weighted by Gasteiger charge is 2.15. The van der Waals surface area contributed by atoms with E-state index in [0.717, 1.165) is 11.4 Å². The molecule has 0 atom stereocenters. The summed E-state index contributed by atoms with van der Waals surface area (Å²) in [7, 11) is 1.89. The number of hydrogen-bond acceptors (Lipinski definition) is 4. The predicted octanol–water partition coefficient (Wildman–Crippen LogP) is 3.44. The first-order valence-corrected chi connectivity index (χ1v) is 7.44. The van der Waals surface area contributed by atoms with Crippen molar-refractivity contribution in [1.82, 2.24) is 4.57 Å². The number of ether oxygens (including phenoxy) is 1. The van der Waals surface area contributed by atoms with Crippen molar-refractivity contribution in [1.29, 1.82) is 0 Å². The number of carbonyl (C=O) groups excluding carboxylic acids is 2. The standard InChI is InChI=1S/C16H16BrNO4/c1-10-8-13(11(2)18(10)3)14(19)9-21-16(20)7-5-12-4-6-15(17)22-12/h4-8H,9H2,1-3H3. The fraction of sp³-hybridized carbons (Fsp3) is 0.250. The van der Waals surface area contributed by atoms with Gasteiger partial charge in [-0.3, -0.25) is 4.79 Å². The third kappa shape index (κ3) is 3.76. The van der Waals surface area contributed by atoms with Crippen LogP contribution in [0, 0.1) is 13.8 Å². The Morgan fingerprint density at radius 3 is 2.64 bits per heavy atom. The summed E-state index contributed by atoms with van der Waals surface area (Å²) in [5.74, 6) is -0.292. The summed E-state index contributed by atoms with van der Waals surface area (Å²) in [5.41, 5.74) is 2.41. The molecule has 0 amide bonds. The second kappa shape index (κ2) is 6.79. The Balaban J connectivity index is 1.92. The maximum Gasteiger partial charge on any atom is 0.331 e. The molecular weight excluding hydrogens is 350 g/mol. The van der Waals surface area contributed by atoms with E-state index in [9.17, 15) is 9.59 Å². The number of Topliss-reactive ketones (excluding diaryl/α,β-unsaturated/α-hetero) is 1. The summed E-state index contributed by atoms with van der Waals surface area (Å²) in [4.78, 5) is 23.7. The van der Waals surface area contributed by atoms with Gasteiger partial charge in [0.05, 0.1) is 0 Å². The second-order valence-corrected chi connectivity index (χ2v) is 5.63. The molecule has 2 rings (SSSR count). The van der Waals surface area contributed by atoms with Gasteiger partial charge in [0.25, 0.3) is 0 Å². The average Bonchev–Trinajstić information content (AvgIpc) is 3.01. The zero-order chi connectivity index (χ0) is 16.3. The molecule has 0 aromatic carbocycles. The van der Waals surface area contributed by atoms with E-state index in [2.05, 4.69) is 15.9 Å². The number of carbonyl (C=O) groups is 2. The van der Waals surface area contributed by atoms with Crippen molar-refractivity contribution in [2.24, 2.45) is 7.05 Å². The molecule has 0 aliphatic rings. The third-order valence-electron chi connectivity index (χ3n) is 3.40. The summed E-state index contributed by atoms with van der Waals surface area (Å²) in [6.07, 6.45) is 2.71. The number of aromatic nitrogens is 1. The van der Waals surface area contributed by atoms with E-state index < -0.39 is 5.97 Å². The summed E-state index contributed by atoms with van der Waals surface area (Å²) >= 11 is 3.17. The Morgan fingerprint density at radius 1 is 1.36 bits per heavy atom. The quantitative estimate of drug-likeness (QED) is 0.462. The van der Waals surface area contributed by atoms with Crippen LogP contribution in [0.3, 0.4) is 0 Å². The van der Waals surface area contributed by atoms with Crippen molar-refractivity contribution < 1.29 is 18.7 Å². The van der Waals surface area contributed by atoms with Gasteiger partial charge in [0.2, 0.25) is 5.78 Å². The van der Waals surface area contributed by atoms with Gasteiger partial charge in [0, 0.05) is 30.1 Å². The lowest BCUT2D eigenvalue weighted by atomic mass is 10.1. The minimum Gasteiger partial charge on any atom is -0.454 e. The molecule has 0 fully saturated rings. The highest BCUT2D eigenvalue weighted by molar-refractivity contribution is 9.10. The van der Waals surface area contributed by atoms with E-state index >= 15 is 0 Å². The summed E-state index contributed by atoms with van der Waals surface area (Å²) in [6, 6.07) is 5.21. The Hall–Kier alpha value is -2.08. The van der Waals surface area contributed by atoms with Crippen molar-refractivity contribution in [3.8, 4) is 0 Å². The molecule has 5 nitrogen and oxygen atoms in total. The molecule has 2 aromatic rings. The summed E-state index contributed by atoms with van der Waals surface area (Å²) in [6.45, 7) is 3.49. The van der Waals surface area contributed by atoms with E-state index in [0.29, 0.717) is 16.0 Å². The van der Waals surface area contributed by atoms with Crippen LogP contribution in [0.5, 0.6) is 0 Å². The normalized spacial score (nSPS) is 11.1. The zero-order valence-corrected chi connectivity index (χ0v) is 14.1. The van der Waals surface area contributed by atoms with Crippen LogP contribution in [-0.4, -0.2) is 22.9 Å². The second-order valence-electron chi connectivity index (χ2n) is 4.85. The maximum atomic E-state index is 12.1. The first kappa shape index (κ1) is 16.3.